The molecule has 0 saturated carbocycles. The topological polar surface area (TPSA) is 42.4 Å². The summed E-state index contributed by atoms with van der Waals surface area (Å²) in [6.45, 7) is 9.53. The fraction of sp³-hybridized carbons (Fsp3) is 0.714. The van der Waals surface area contributed by atoms with Crippen molar-refractivity contribution in [3.63, 3.8) is 0 Å². The SMILES string of the molecule is CC(F)c1nc2c(s1)[C@@H](C)N(C(=O)OC(C)(C)C)CC2. The number of thiazole rings is 1. The Labute approximate surface area is 123 Å². The molecule has 0 spiro atoms. The number of fused-ring (bicyclic) bond motifs is 1. The summed E-state index contributed by atoms with van der Waals surface area (Å²) < 4.78 is 18.8. The Bertz CT molecular complexity index is 508. The predicted octanol–water partition coefficient (Wildman–Crippen LogP) is 4.03. The van der Waals surface area contributed by atoms with Gasteiger partial charge in [-0.05, 0) is 34.6 Å². The molecule has 6 heteroatoms. The number of nitrogens with zero attached hydrogens (tertiary/aromatic N) is 2. The molecule has 1 aromatic heterocycles. The smallest absolute Gasteiger partial charge is 0.410 e. The van der Waals surface area contributed by atoms with E-state index in [0.29, 0.717) is 18.0 Å². The van der Waals surface area contributed by atoms with Gasteiger partial charge in [-0.2, -0.15) is 0 Å². The Morgan fingerprint density at radius 3 is 2.75 bits per heavy atom. The van der Waals surface area contributed by atoms with E-state index in [1.807, 2.05) is 27.7 Å². The molecule has 2 atom stereocenters. The van der Waals surface area contributed by atoms with Crippen LogP contribution in [0.3, 0.4) is 0 Å². The van der Waals surface area contributed by atoms with E-state index < -0.39 is 11.8 Å². The third-order valence-corrected chi connectivity index (χ3v) is 4.57. The van der Waals surface area contributed by atoms with E-state index in [9.17, 15) is 9.18 Å². The van der Waals surface area contributed by atoms with Crippen LogP contribution in [0.4, 0.5) is 9.18 Å². The summed E-state index contributed by atoms with van der Waals surface area (Å²) in [5.74, 6) is 0. The van der Waals surface area contributed by atoms with Crippen molar-refractivity contribution in [2.75, 3.05) is 6.54 Å². The maximum absolute atomic E-state index is 13.4. The van der Waals surface area contributed by atoms with Crippen molar-refractivity contribution in [2.24, 2.45) is 0 Å². The van der Waals surface area contributed by atoms with Gasteiger partial charge in [-0.1, -0.05) is 0 Å². The van der Waals surface area contributed by atoms with Crippen LogP contribution >= 0.6 is 11.3 Å². The first kappa shape index (κ1) is 15.2. The molecule has 112 valence electrons. The van der Waals surface area contributed by atoms with Gasteiger partial charge in [-0.25, -0.2) is 14.2 Å². The first-order valence-corrected chi connectivity index (χ1v) is 7.64. The molecule has 20 heavy (non-hydrogen) atoms. The second-order valence-corrected chi connectivity index (χ2v) is 7.14. The number of ether oxygens (including phenoxy) is 1. The second kappa shape index (κ2) is 5.31. The highest BCUT2D eigenvalue weighted by molar-refractivity contribution is 7.11. The van der Waals surface area contributed by atoms with Crippen LogP contribution in [0, 0.1) is 0 Å². The van der Waals surface area contributed by atoms with Crippen molar-refractivity contribution in [3.05, 3.63) is 15.6 Å². The van der Waals surface area contributed by atoms with Crippen LogP contribution in [-0.4, -0.2) is 28.1 Å². The molecule has 2 heterocycles. The summed E-state index contributed by atoms with van der Waals surface area (Å²) in [5, 5.41) is 0.493. The summed E-state index contributed by atoms with van der Waals surface area (Å²) in [6.07, 6.45) is -0.728. The lowest BCUT2D eigenvalue weighted by Crippen LogP contribution is -2.41. The van der Waals surface area contributed by atoms with Crippen molar-refractivity contribution in [1.82, 2.24) is 9.88 Å². The van der Waals surface area contributed by atoms with Crippen LogP contribution in [0.2, 0.25) is 0 Å². The van der Waals surface area contributed by atoms with Crippen molar-refractivity contribution < 1.29 is 13.9 Å². The maximum atomic E-state index is 13.4. The minimum Gasteiger partial charge on any atom is -0.444 e. The number of halogens is 1. The van der Waals surface area contributed by atoms with Gasteiger partial charge in [0.25, 0.3) is 0 Å². The lowest BCUT2D eigenvalue weighted by Gasteiger charge is -2.34. The zero-order valence-corrected chi connectivity index (χ0v) is 13.4. The van der Waals surface area contributed by atoms with Crippen molar-refractivity contribution in [1.29, 1.82) is 0 Å². The monoisotopic (exact) mass is 300 g/mol. The summed E-state index contributed by atoms with van der Waals surface area (Å²) in [6, 6.07) is -0.112. The molecular weight excluding hydrogens is 279 g/mol. The lowest BCUT2D eigenvalue weighted by atomic mass is 10.1. The van der Waals surface area contributed by atoms with E-state index in [1.54, 1.807) is 4.90 Å². The zero-order chi connectivity index (χ0) is 15.1. The van der Waals surface area contributed by atoms with E-state index in [0.717, 1.165) is 10.6 Å². The van der Waals surface area contributed by atoms with E-state index in [2.05, 4.69) is 4.98 Å². The molecule has 0 N–H and O–H groups in total. The number of aromatic nitrogens is 1. The van der Waals surface area contributed by atoms with Crippen LogP contribution < -0.4 is 0 Å². The maximum Gasteiger partial charge on any atom is 0.410 e. The molecule has 0 radical (unpaired) electrons. The highest BCUT2D eigenvalue weighted by Crippen LogP contribution is 2.37. The molecule has 2 rings (SSSR count). The number of carbonyl (C=O) groups is 1. The Morgan fingerprint density at radius 1 is 1.55 bits per heavy atom. The van der Waals surface area contributed by atoms with Crippen LogP contribution in [0.5, 0.6) is 0 Å². The normalized spacial score (nSPS) is 20.5. The molecular formula is C14H21FN2O2S. The molecule has 1 aliphatic heterocycles. The van der Waals surface area contributed by atoms with E-state index >= 15 is 0 Å². The number of alkyl halides is 1. The van der Waals surface area contributed by atoms with Crippen LogP contribution in [0.1, 0.15) is 62.4 Å². The fourth-order valence-electron chi connectivity index (χ4n) is 2.19. The first-order valence-electron chi connectivity index (χ1n) is 6.82. The summed E-state index contributed by atoms with van der Waals surface area (Å²) in [4.78, 5) is 19.2. The number of hydrogen-bond acceptors (Lipinski definition) is 4. The molecule has 0 aliphatic carbocycles. The molecule has 1 aliphatic rings. The summed E-state index contributed by atoms with van der Waals surface area (Å²) in [5.41, 5.74) is 0.408. The average molecular weight is 300 g/mol. The van der Waals surface area contributed by atoms with Crippen molar-refractivity contribution >= 4 is 17.4 Å². The second-order valence-electron chi connectivity index (χ2n) is 6.08. The van der Waals surface area contributed by atoms with Crippen LogP contribution in [-0.2, 0) is 11.2 Å². The Balaban J connectivity index is 2.19. The summed E-state index contributed by atoms with van der Waals surface area (Å²) in [7, 11) is 0. The summed E-state index contributed by atoms with van der Waals surface area (Å²) >= 11 is 1.36. The van der Waals surface area contributed by atoms with Gasteiger partial charge < -0.3 is 9.64 Å². The minimum absolute atomic E-state index is 0.112. The van der Waals surface area contributed by atoms with E-state index in [4.69, 9.17) is 4.74 Å². The van der Waals surface area contributed by atoms with Gasteiger partial charge in [0.2, 0.25) is 0 Å². The number of carbonyl (C=O) groups excluding carboxylic acids is 1. The molecule has 1 unspecified atom stereocenters. The van der Waals surface area contributed by atoms with Gasteiger partial charge in [0.15, 0.2) is 0 Å². The Hall–Kier alpha value is -1.17. The van der Waals surface area contributed by atoms with E-state index in [-0.39, 0.29) is 12.1 Å². The van der Waals surface area contributed by atoms with Crippen LogP contribution in [0.25, 0.3) is 0 Å². The van der Waals surface area contributed by atoms with Gasteiger partial charge in [0.1, 0.15) is 16.8 Å². The minimum atomic E-state index is -1.06. The third-order valence-electron chi connectivity index (χ3n) is 3.15. The molecule has 0 bridgehead atoms. The molecule has 0 saturated heterocycles. The highest BCUT2D eigenvalue weighted by atomic mass is 32.1. The van der Waals surface area contributed by atoms with Gasteiger partial charge >= 0.3 is 6.09 Å². The number of hydrogen-bond donors (Lipinski definition) is 0. The molecule has 1 amide bonds. The van der Waals surface area contributed by atoms with Crippen molar-refractivity contribution in [3.8, 4) is 0 Å². The molecule has 0 fully saturated rings. The van der Waals surface area contributed by atoms with Gasteiger partial charge in [0, 0.05) is 13.0 Å². The fourth-order valence-corrected chi connectivity index (χ4v) is 3.30. The number of amides is 1. The zero-order valence-electron chi connectivity index (χ0n) is 12.6. The van der Waals surface area contributed by atoms with Crippen LogP contribution in [0.15, 0.2) is 0 Å². The quantitative estimate of drug-likeness (QED) is 0.786. The number of rotatable bonds is 1. The van der Waals surface area contributed by atoms with E-state index in [1.165, 1.54) is 18.3 Å². The Kier molecular flexibility index (Phi) is 4.04. The highest BCUT2D eigenvalue weighted by Gasteiger charge is 2.33. The first-order chi connectivity index (χ1) is 9.19. The largest absolute Gasteiger partial charge is 0.444 e. The average Bonchev–Trinajstić information content (AvgIpc) is 2.71. The molecule has 0 aromatic carbocycles. The lowest BCUT2D eigenvalue weighted by molar-refractivity contribution is 0.0162. The van der Waals surface area contributed by atoms with Gasteiger partial charge in [0.05, 0.1) is 16.6 Å². The third kappa shape index (κ3) is 3.11. The standard InChI is InChI=1S/C14H21FN2O2S/c1-8(15)12-16-10-6-7-17(9(2)11(10)20-12)13(18)19-14(3,4)5/h8-9H,6-7H2,1-5H3/t8?,9-/m1/s1. The molecule has 1 aromatic rings. The predicted molar refractivity (Wildman–Crippen MR) is 76.7 cm³/mol. The van der Waals surface area contributed by atoms with Gasteiger partial charge in [-0.15, -0.1) is 11.3 Å². The van der Waals surface area contributed by atoms with Crippen molar-refractivity contribution in [2.45, 2.75) is 58.9 Å². The van der Waals surface area contributed by atoms with Gasteiger partial charge in [-0.3, -0.25) is 0 Å². The Morgan fingerprint density at radius 2 is 2.20 bits per heavy atom. The molecule has 4 nitrogen and oxygen atoms in total.